The number of hydrogen-bond acceptors (Lipinski definition) is 0. The predicted molar refractivity (Wildman–Crippen MR) is 182 cm³/mol. The second kappa shape index (κ2) is 9.88. The Morgan fingerprint density at radius 3 is 1.85 bits per heavy atom. The van der Waals surface area contributed by atoms with E-state index in [9.17, 15) is 0 Å². The number of fused-ring (bicyclic) bond motifs is 3. The Morgan fingerprint density at radius 1 is 0.780 bits per heavy atom. The average molecular weight is 671 g/mol. The minimum atomic E-state index is -4.06. The van der Waals surface area contributed by atoms with Gasteiger partial charge in [0.25, 0.3) is 0 Å². The van der Waals surface area contributed by atoms with Gasteiger partial charge in [-0.25, -0.2) is 0 Å². The van der Waals surface area contributed by atoms with Gasteiger partial charge in [-0.05, 0) is 0 Å². The van der Waals surface area contributed by atoms with Crippen LogP contribution in [0.2, 0.25) is 7.75 Å². The van der Waals surface area contributed by atoms with Crippen LogP contribution in [0, 0.1) is 17.8 Å². The first-order chi connectivity index (χ1) is 18.2. The first kappa shape index (κ1) is 31.7. The van der Waals surface area contributed by atoms with E-state index in [4.69, 9.17) is 4.21 Å². The van der Waals surface area contributed by atoms with E-state index in [1.54, 1.807) is 17.7 Å². The van der Waals surface area contributed by atoms with E-state index in [-0.39, 0.29) is 35.6 Å². The van der Waals surface area contributed by atoms with Crippen molar-refractivity contribution in [2.75, 3.05) is 0 Å². The number of benzene rings is 2. The maximum atomic E-state index is 5.77. The fourth-order valence-corrected chi connectivity index (χ4v) is 27.5. The van der Waals surface area contributed by atoms with Crippen molar-refractivity contribution in [1.82, 2.24) is 0 Å². The summed E-state index contributed by atoms with van der Waals surface area (Å²) in [6.07, 6.45) is 18.5. The van der Waals surface area contributed by atoms with Crippen LogP contribution < -0.4 is 3.27 Å². The molecule has 0 amide bonds. The summed E-state index contributed by atoms with van der Waals surface area (Å²) in [7, 11) is 0. The molecule has 2 aromatic carbocycles. The molecule has 0 heterocycles. The van der Waals surface area contributed by atoms with Crippen LogP contribution in [-0.4, -0.2) is 4.21 Å². The third-order valence-electron chi connectivity index (χ3n) is 12.6. The Bertz CT molecular complexity index is 1490. The molecule has 0 saturated heterocycles. The molecule has 6 aliphatic carbocycles. The number of halogens is 2. The molecule has 4 bridgehead atoms. The molecule has 4 saturated carbocycles. The molecule has 0 N–H and O–H groups in total. The Labute approximate surface area is 263 Å². The first-order valence-corrected chi connectivity index (χ1v) is 23.8. The molecule has 0 spiro atoms. The SMILES string of the molecule is Cl.Cl.[CH2]=[Zr]([CH3])([C]1=CC=CC1)([c]1cc(C(C)(C)C)cc2c1Cc1ccc(C(C)(C)C)cc1-2)[C]12CC3CC(CC(C3)C1)C2. The molecule has 0 nitrogen and oxygen atoms in total. The van der Waals surface area contributed by atoms with Gasteiger partial charge in [-0.15, -0.1) is 24.8 Å². The molecule has 0 unspecified atom stereocenters. The van der Waals surface area contributed by atoms with Crippen molar-refractivity contribution >= 4 is 32.3 Å². The molecule has 2 aromatic rings. The summed E-state index contributed by atoms with van der Waals surface area (Å²) in [6.45, 7) is 14.3. The summed E-state index contributed by atoms with van der Waals surface area (Å²) in [5, 5.41) is 0. The van der Waals surface area contributed by atoms with Gasteiger partial charge < -0.3 is 0 Å². The van der Waals surface area contributed by atoms with Crippen molar-refractivity contribution < 1.29 is 18.3 Å². The fraction of sp³-hybridized carbons (Fsp3) is 0.553. The zero-order valence-corrected chi connectivity index (χ0v) is 30.6. The van der Waals surface area contributed by atoms with Gasteiger partial charge in [-0.3, -0.25) is 0 Å². The van der Waals surface area contributed by atoms with E-state index in [1.807, 2.05) is 0 Å². The second-order valence-electron chi connectivity index (χ2n) is 17.1. The number of allylic oxidation sites excluding steroid dienone is 4. The molecule has 3 heteroatoms. The van der Waals surface area contributed by atoms with Crippen molar-refractivity contribution in [2.24, 2.45) is 17.8 Å². The molecule has 4 fully saturated rings. The molecule has 0 radical (unpaired) electrons. The van der Waals surface area contributed by atoms with Crippen molar-refractivity contribution in [3.63, 3.8) is 0 Å². The van der Waals surface area contributed by atoms with Gasteiger partial charge in [0.05, 0.1) is 0 Å². The molecule has 222 valence electrons. The topological polar surface area (TPSA) is 0 Å². The van der Waals surface area contributed by atoms with Crippen LogP contribution in [-0.2, 0) is 35.5 Å². The standard InChI is InChI=1S/C21H25.C10H15.C5H5.CH3.CH2.2ClH.Zr/c1-20(2,3)16-9-7-14-11-15-8-10-17(21(4,5)6)13-19(15)18(14)12-16;1-7-2-9-4-8(1)5-10(3-7)6-9;1-2-4-5-3-1;;;;;/h7,9-10,12-13H,11H2,1-6H3;7-9H,1-6H2;1-3H,4H2;1H3;1H2;2*1H;. The summed E-state index contributed by atoms with van der Waals surface area (Å²) in [5.41, 5.74) is 9.49. The van der Waals surface area contributed by atoms with Crippen LogP contribution in [0.3, 0.4) is 0 Å². The van der Waals surface area contributed by atoms with E-state index in [0.29, 0.717) is 3.12 Å². The van der Waals surface area contributed by atoms with Gasteiger partial charge >= 0.3 is 240 Å². The maximum absolute atomic E-state index is 5.77. The van der Waals surface area contributed by atoms with Gasteiger partial charge in [-0.2, -0.15) is 0 Å². The van der Waals surface area contributed by atoms with Crippen molar-refractivity contribution in [3.05, 3.63) is 74.1 Å². The number of hydrogen-bond donors (Lipinski definition) is 0. The molecule has 0 aliphatic heterocycles. The van der Waals surface area contributed by atoms with Gasteiger partial charge in [0.1, 0.15) is 0 Å². The zero-order valence-electron chi connectivity index (χ0n) is 26.5. The molecule has 6 aliphatic rings. The Kier molecular flexibility index (Phi) is 7.63. The van der Waals surface area contributed by atoms with Crippen LogP contribution in [0.1, 0.15) is 109 Å². The normalized spacial score (nSPS) is 28.1. The Morgan fingerprint density at radius 2 is 1.34 bits per heavy atom. The summed E-state index contributed by atoms with van der Waals surface area (Å²) >= 11 is -4.06. The van der Waals surface area contributed by atoms with Gasteiger partial charge in [0, 0.05) is 0 Å². The minimum absolute atomic E-state index is 0. The molecule has 41 heavy (non-hydrogen) atoms. The van der Waals surface area contributed by atoms with Crippen LogP contribution >= 0.6 is 24.8 Å². The van der Waals surface area contributed by atoms with Gasteiger partial charge in [-0.1, -0.05) is 0 Å². The van der Waals surface area contributed by atoms with Crippen LogP contribution in [0.4, 0.5) is 0 Å². The van der Waals surface area contributed by atoms with Crippen LogP contribution in [0.5, 0.6) is 0 Å². The quantitative estimate of drug-likeness (QED) is 0.260. The van der Waals surface area contributed by atoms with Crippen LogP contribution in [0.25, 0.3) is 11.1 Å². The van der Waals surface area contributed by atoms with E-state index in [1.165, 1.54) is 60.8 Å². The molecule has 0 atom stereocenters. The summed E-state index contributed by atoms with van der Waals surface area (Å²) in [4.78, 5) is 0. The fourth-order valence-electron chi connectivity index (χ4n) is 10.5. The second-order valence-corrected chi connectivity index (χ2v) is 32.5. The Balaban J connectivity index is 0.00000169. The van der Waals surface area contributed by atoms with Crippen molar-refractivity contribution in [3.8, 4) is 11.1 Å². The summed E-state index contributed by atoms with van der Waals surface area (Å²) in [6, 6.07) is 12.7. The van der Waals surface area contributed by atoms with Gasteiger partial charge in [0.2, 0.25) is 0 Å². The summed E-state index contributed by atoms with van der Waals surface area (Å²) < 4.78 is 12.6. The van der Waals surface area contributed by atoms with E-state index >= 15 is 0 Å². The third kappa shape index (κ3) is 4.48. The van der Waals surface area contributed by atoms with Crippen LogP contribution in [0.15, 0.2) is 51.8 Å². The zero-order chi connectivity index (χ0) is 27.6. The molecule has 8 rings (SSSR count). The molecule has 0 aromatic heterocycles. The monoisotopic (exact) mass is 668 g/mol. The molecular weight excluding hydrogens is 619 g/mol. The van der Waals surface area contributed by atoms with Crippen molar-refractivity contribution in [1.29, 1.82) is 0 Å². The molecular formula is C38H52Cl2Zr. The Hall–Kier alpha value is -0.747. The van der Waals surface area contributed by atoms with E-state index in [2.05, 4.69) is 94.7 Å². The third-order valence-corrected chi connectivity index (χ3v) is 31.0. The predicted octanol–water partition coefficient (Wildman–Crippen LogP) is 10.7. The summed E-state index contributed by atoms with van der Waals surface area (Å²) in [5.74, 6) is 2.85. The van der Waals surface area contributed by atoms with E-state index < -0.39 is 18.3 Å². The van der Waals surface area contributed by atoms with Crippen molar-refractivity contribution in [2.45, 2.75) is 111 Å². The average Bonchev–Trinajstić information content (AvgIpc) is 3.50. The van der Waals surface area contributed by atoms with Gasteiger partial charge in [0.15, 0.2) is 0 Å². The first-order valence-electron chi connectivity index (χ1n) is 15.9. The van der Waals surface area contributed by atoms with E-state index in [0.717, 1.165) is 30.6 Å². The number of rotatable bonds is 3.